The van der Waals surface area contributed by atoms with E-state index < -0.39 is 0 Å². The lowest BCUT2D eigenvalue weighted by molar-refractivity contribution is 0.112. The number of hydrogen-bond donors (Lipinski definition) is 0. The molecule has 116 valence electrons. The van der Waals surface area contributed by atoms with E-state index in [4.69, 9.17) is 9.15 Å². The maximum atomic E-state index is 12.4. The SMILES string of the molecule is CC(Br)c1cc(C=O)cc2c(=O)cc(N3CCOCC3)oc12. The van der Waals surface area contributed by atoms with Crippen molar-refractivity contribution in [2.24, 2.45) is 0 Å². The van der Waals surface area contributed by atoms with Gasteiger partial charge in [0.1, 0.15) is 11.9 Å². The first-order valence-electron chi connectivity index (χ1n) is 7.14. The summed E-state index contributed by atoms with van der Waals surface area (Å²) in [7, 11) is 0. The molecule has 0 amide bonds. The standard InChI is InChI=1S/C16H16BrNO4/c1-10(17)12-6-11(9-19)7-13-14(20)8-15(22-16(12)13)18-2-4-21-5-3-18/h6-10H,2-5H2,1H3. The number of hydrogen-bond acceptors (Lipinski definition) is 5. The monoisotopic (exact) mass is 365 g/mol. The second-order valence-corrected chi connectivity index (χ2v) is 6.64. The van der Waals surface area contributed by atoms with Gasteiger partial charge < -0.3 is 14.1 Å². The highest BCUT2D eigenvalue weighted by atomic mass is 79.9. The molecular weight excluding hydrogens is 350 g/mol. The number of aldehydes is 1. The van der Waals surface area contributed by atoms with Crippen LogP contribution in [0.5, 0.6) is 0 Å². The summed E-state index contributed by atoms with van der Waals surface area (Å²) in [5, 5.41) is 0.433. The van der Waals surface area contributed by atoms with Gasteiger partial charge in [0.25, 0.3) is 0 Å². The molecule has 2 aromatic rings. The minimum atomic E-state index is -0.138. The normalized spacial score (nSPS) is 16.7. The van der Waals surface area contributed by atoms with E-state index in [1.54, 1.807) is 12.1 Å². The zero-order valence-corrected chi connectivity index (χ0v) is 13.8. The number of carbonyl (C=O) groups is 1. The molecule has 1 aliphatic heterocycles. The van der Waals surface area contributed by atoms with Crippen molar-refractivity contribution in [3.8, 4) is 0 Å². The smallest absolute Gasteiger partial charge is 0.200 e. The summed E-state index contributed by atoms with van der Waals surface area (Å²) in [5.74, 6) is 0.550. The summed E-state index contributed by atoms with van der Waals surface area (Å²) in [6.07, 6.45) is 0.744. The third kappa shape index (κ3) is 2.80. The van der Waals surface area contributed by atoms with Crippen LogP contribution < -0.4 is 10.3 Å². The highest BCUT2D eigenvalue weighted by Gasteiger charge is 2.18. The molecule has 1 unspecified atom stereocenters. The molecule has 1 aliphatic rings. The van der Waals surface area contributed by atoms with Gasteiger partial charge in [-0.05, 0) is 19.1 Å². The van der Waals surface area contributed by atoms with E-state index in [1.165, 1.54) is 6.07 Å². The number of anilines is 1. The number of alkyl halides is 1. The van der Waals surface area contributed by atoms with Gasteiger partial charge >= 0.3 is 0 Å². The summed E-state index contributed by atoms with van der Waals surface area (Å²) >= 11 is 3.50. The van der Waals surface area contributed by atoms with Crippen LogP contribution in [-0.2, 0) is 4.74 Å². The van der Waals surface area contributed by atoms with Crippen molar-refractivity contribution in [3.05, 3.63) is 39.5 Å². The predicted octanol–water partition coefficient (Wildman–Crippen LogP) is 2.90. The number of morpholine rings is 1. The number of fused-ring (bicyclic) bond motifs is 1. The Morgan fingerprint density at radius 3 is 2.64 bits per heavy atom. The minimum absolute atomic E-state index is 0.0296. The van der Waals surface area contributed by atoms with Crippen LogP contribution in [0.1, 0.15) is 27.7 Å². The average Bonchev–Trinajstić information content (AvgIpc) is 2.54. The molecule has 6 heteroatoms. The highest BCUT2D eigenvalue weighted by Crippen LogP contribution is 2.31. The number of benzene rings is 1. The summed E-state index contributed by atoms with van der Waals surface area (Å²) in [4.78, 5) is 25.5. The number of rotatable bonds is 3. The van der Waals surface area contributed by atoms with Crippen LogP contribution in [0.3, 0.4) is 0 Å². The molecule has 0 radical (unpaired) electrons. The molecule has 0 N–H and O–H groups in total. The predicted molar refractivity (Wildman–Crippen MR) is 88.2 cm³/mol. The Morgan fingerprint density at radius 1 is 1.27 bits per heavy atom. The topological polar surface area (TPSA) is 59.8 Å². The summed E-state index contributed by atoms with van der Waals surface area (Å²) < 4.78 is 11.3. The van der Waals surface area contributed by atoms with Gasteiger partial charge in [-0.2, -0.15) is 0 Å². The van der Waals surface area contributed by atoms with E-state index in [2.05, 4.69) is 15.9 Å². The second kappa shape index (κ2) is 6.22. The maximum Gasteiger partial charge on any atom is 0.200 e. The van der Waals surface area contributed by atoms with Gasteiger partial charge in [0.2, 0.25) is 0 Å². The van der Waals surface area contributed by atoms with E-state index in [0.717, 1.165) is 11.8 Å². The lowest BCUT2D eigenvalue weighted by Crippen LogP contribution is -2.36. The van der Waals surface area contributed by atoms with Crippen LogP contribution in [0.15, 0.2) is 27.4 Å². The Kier molecular flexibility index (Phi) is 4.31. The van der Waals surface area contributed by atoms with E-state index >= 15 is 0 Å². The summed E-state index contributed by atoms with van der Waals surface area (Å²) in [6, 6.07) is 4.82. The molecule has 1 aromatic heterocycles. The van der Waals surface area contributed by atoms with Crippen LogP contribution in [0.25, 0.3) is 11.0 Å². The van der Waals surface area contributed by atoms with Crippen molar-refractivity contribution >= 4 is 39.1 Å². The lowest BCUT2D eigenvalue weighted by atomic mass is 10.0. The van der Waals surface area contributed by atoms with E-state index in [9.17, 15) is 9.59 Å². The number of halogens is 1. The first-order chi connectivity index (χ1) is 10.6. The van der Waals surface area contributed by atoms with Gasteiger partial charge in [-0.15, -0.1) is 0 Å². The van der Waals surface area contributed by atoms with Crippen LogP contribution >= 0.6 is 15.9 Å². The number of carbonyl (C=O) groups excluding carboxylic acids is 1. The summed E-state index contributed by atoms with van der Waals surface area (Å²) in [5.41, 5.74) is 1.66. The molecule has 1 aromatic carbocycles. The highest BCUT2D eigenvalue weighted by molar-refractivity contribution is 9.09. The van der Waals surface area contributed by atoms with E-state index in [1.807, 2.05) is 11.8 Å². The van der Waals surface area contributed by atoms with Crippen molar-refractivity contribution in [1.29, 1.82) is 0 Å². The minimum Gasteiger partial charge on any atom is -0.440 e. The molecule has 5 nitrogen and oxygen atoms in total. The van der Waals surface area contributed by atoms with Crippen LogP contribution in [-0.4, -0.2) is 32.6 Å². The summed E-state index contributed by atoms with van der Waals surface area (Å²) in [6.45, 7) is 4.56. The molecule has 0 saturated carbocycles. The van der Waals surface area contributed by atoms with Crippen LogP contribution in [0.2, 0.25) is 0 Å². The van der Waals surface area contributed by atoms with Crippen molar-refractivity contribution in [2.45, 2.75) is 11.8 Å². The third-order valence-electron chi connectivity index (χ3n) is 3.75. The molecule has 0 bridgehead atoms. The Balaban J connectivity index is 2.21. The van der Waals surface area contributed by atoms with E-state index in [-0.39, 0.29) is 10.3 Å². The molecule has 2 heterocycles. The molecular formula is C16H16BrNO4. The Labute approximate surface area is 136 Å². The molecule has 1 atom stereocenters. The van der Waals surface area contributed by atoms with Gasteiger partial charge in [-0.1, -0.05) is 15.9 Å². The Morgan fingerprint density at radius 2 is 2.00 bits per heavy atom. The van der Waals surface area contributed by atoms with Gasteiger partial charge in [0.15, 0.2) is 11.3 Å². The van der Waals surface area contributed by atoms with Crippen molar-refractivity contribution in [3.63, 3.8) is 0 Å². The van der Waals surface area contributed by atoms with Crippen molar-refractivity contribution in [1.82, 2.24) is 0 Å². The fraction of sp³-hybridized carbons (Fsp3) is 0.375. The molecule has 0 aliphatic carbocycles. The number of nitrogens with zero attached hydrogens (tertiary/aromatic N) is 1. The fourth-order valence-corrected chi connectivity index (χ4v) is 2.94. The second-order valence-electron chi connectivity index (χ2n) is 5.27. The fourth-order valence-electron chi connectivity index (χ4n) is 2.60. The average molecular weight is 366 g/mol. The molecule has 22 heavy (non-hydrogen) atoms. The Hall–Kier alpha value is -1.66. The first-order valence-corrected chi connectivity index (χ1v) is 8.05. The first kappa shape index (κ1) is 15.2. The molecule has 0 spiro atoms. The quantitative estimate of drug-likeness (QED) is 0.618. The maximum absolute atomic E-state index is 12.4. The number of ether oxygens (including phenoxy) is 1. The van der Waals surface area contributed by atoms with Gasteiger partial charge in [0.05, 0.1) is 18.6 Å². The molecule has 3 rings (SSSR count). The lowest BCUT2D eigenvalue weighted by Gasteiger charge is -2.27. The van der Waals surface area contributed by atoms with Crippen molar-refractivity contribution < 1.29 is 13.9 Å². The molecule has 1 saturated heterocycles. The van der Waals surface area contributed by atoms with Crippen LogP contribution in [0.4, 0.5) is 5.88 Å². The zero-order chi connectivity index (χ0) is 15.7. The van der Waals surface area contributed by atoms with Gasteiger partial charge in [-0.3, -0.25) is 9.59 Å². The van der Waals surface area contributed by atoms with Gasteiger partial charge in [0, 0.05) is 35.1 Å². The van der Waals surface area contributed by atoms with E-state index in [0.29, 0.717) is 48.7 Å². The third-order valence-corrected chi connectivity index (χ3v) is 4.25. The Bertz CT molecular complexity index is 763. The van der Waals surface area contributed by atoms with Crippen molar-refractivity contribution in [2.75, 3.05) is 31.2 Å². The largest absolute Gasteiger partial charge is 0.440 e. The zero-order valence-electron chi connectivity index (χ0n) is 12.2. The molecule has 1 fully saturated rings. The van der Waals surface area contributed by atoms with Crippen LogP contribution in [0, 0.1) is 0 Å². The van der Waals surface area contributed by atoms with Gasteiger partial charge in [-0.25, -0.2) is 0 Å².